The third-order valence-electron chi connectivity index (χ3n) is 4.92. The van der Waals surface area contributed by atoms with E-state index in [0.29, 0.717) is 18.0 Å². The average Bonchev–Trinajstić information content (AvgIpc) is 3.44. The van der Waals surface area contributed by atoms with E-state index in [2.05, 4.69) is 9.71 Å². The molecule has 1 amide bonds. The zero-order valence-electron chi connectivity index (χ0n) is 14.6. The Labute approximate surface area is 153 Å². The quantitative estimate of drug-likeness (QED) is 0.879. The number of allylic oxidation sites excluding steroid dienone is 2. The third kappa shape index (κ3) is 3.44. The molecule has 1 atom stereocenters. The van der Waals surface area contributed by atoms with E-state index in [-0.39, 0.29) is 23.5 Å². The van der Waals surface area contributed by atoms with E-state index in [9.17, 15) is 13.2 Å². The largest absolute Gasteiger partial charge is 0.345 e. The molecule has 6 nitrogen and oxygen atoms in total. The first-order valence-corrected chi connectivity index (χ1v) is 10.4. The fraction of sp³-hybridized carbons (Fsp3) is 0.368. The van der Waals surface area contributed by atoms with Crippen LogP contribution in [0.25, 0.3) is 0 Å². The van der Waals surface area contributed by atoms with Crippen LogP contribution in [-0.4, -0.2) is 37.4 Å². The number of hydrogen-bond acceptors (Lipinski definition) is 4. The second-order valence-electron chi connectivity index (χ2n) is 7.02. The van der Waals surface area contributed by atoms with E-state index in [0.717, 1.165) is 18.4 Å². The third-order valence-corrected chi connectivity index (χ3v) is 6.07. The van der Waals surface area contributed by atoms with Crippen molar-refractivity contribution >= 4 is 21.8 Å². The first kappa shape index (κ1) is 17.0. The van der Waals surface area contributed by atoms with E-state index >= 15 is 0 Å². The molecule has 2 heterocycles. The Hall–Kier alpha value is -2.41. The molecule has 0 radical (unpaired) electrons. The molecule has 1 fully saturated rings. The molecule has 1 aliphatic carbocycles. The number of carbonyl (C=O) groups is 1. The lowest BCUT2D eigenvalue weighted by atomic mass is 10.00. The minimum atomic E-state index is -3.52. The summed E-state index contributed by atoms with van der Waals surface area (Å²) in [7, 11) is -3.52. The lowest BCUT2D eigenvalue weighted by Gasteiger charge is -2.29. The summed E-state index contributed by atoms with van der Waals surface area (Å²) < 4.78 is 27.6. The van der Waals surface area contributed by atoms with Crippen molar-refractivity contribution in [2.75, 3.05) is 12.3 Å². The van der Waals surface area contributed by atoms with Crippen LogP contribution in [0.2, 0.25) is 0 Å². The van der Waals surface area contributed by atoms with Gasteiger partial charge in [-0.25, -0.2) is 8.42 Å². The summed E-state index contributed by atoms with van der Waals surface area (Å²) in [5, 5.41) is 3.10. The summed E-state index contributed by atoms with van der Waals surface area (Å²) in [5.74, 6) is 0.320. The molecule has 4 rings (SSSR count). The number of nitrogens with zero attached hydrogens (tertiary/aromatic N) is 2. The van der Waals surface area contributed by atoms with E-state index < -0.39 is 10.0 Å². The SMILES string of the molecule is Cc1ccc([C@@H](NC(=O)C2=CC=CN3CCS(=O)(=O)N=C23)C2CC2)cc1. The minimum absolute atomic E-state index is 0.0379. The topological polar surface area (TPSA) is 78.8 Å². The van der Waals surface area contributed by atoms with Gasteiger partial charge in [0.25, 0.3) is 15.9 Å². The molecular formula is C19H21N3O3S. The van der Waals surface area contributed by atoms with Crippen LogP contribution in [0.15, 0.2) is 52.6 Å². The second kappa shape index (κ2) is 6.39. The van der Waals surface area contributed by atoms with Gasteiger partial charge < -0.3 is 10.2 Å². The molecule has 7 heteroatoms. The van der Waals surface area contributed by atoms with E-state index in [1.807, 2.05) is 31.2 Å². The van der Waals surface area contributed by atoms with Crippen molar-refractivity contribution in [3.8, 4) is 0 Å². The van der Waals surface area contributed by atoms with Gasteiger partial charge in [-0.1, -0.05) is 29.8 Å². The Morgan fingerprint density at radius 3 is 2.69 bits per heavy atom. The molecule has 0 bridgehead atoms. The Kier molecular flexibility index (Phi) is 4.19. The molecule has 1 N–H and O–H groups in total. The van der Waals surface area contributed by atoms with Gasteiger partial charge in [0.2, 0.25) is 0 Å². The maximum Gasteiger partial charge on any atom is 0.256 e. The van der Waals surface area contributed by atoms with Crippen LogP contribution in [0.4, 0.5) is 0 Å². The van der Waals surface area contributed by atoms with Crippen LogP contribution in [0.3, 0.4) is 0 Å². The van der Waals surface area contributed by atoms with E-state index in [1.54, 1.807) is 23.3 Å². The Morgan fingerprint density at radius 2 is 2.00 bits per heavy atom. The normalized spacial score (nSPS) is 22.1. The zero-order chi connectivity index (χ0) is 18.3. The van der Waals surface area contributed by atoms with Gasteiger partial charge in [0.15, 0.2) is 5.84 Å². The lowest BCUT2D eigenvalue weighted by Crippen LogP contribution is -2.43. The molecule has 0 unspecified atom stereocenters. The van der Waals surface area contributed by atoms with Crippen molar-refractivity contribution in [3.63, 3.8) is 0 Å². The van der Waals surface area contributed by atoms with Crippen molar-refractivity contribution in [1.29, 1.82) is 0 Å². The number of amides is 1. The highest BCUT2D eigenvalue weighted by Crippen LogP contribution is 2.41. The first-order chi connectivity index (χ1) is 12.4. The number of sulfonamides is 1. The van der Waals surface area contributed by atoms with Crippen molar-refractivity contribution < 1.29 is 13.2 Å². The molecule has 1 aromatic carbocycles. The van der Waals surface area contributed by atoms with Crippen LogP contribution in [-0.2, 0) is 14.8 Å². The van der Waals surface area contributed by atoms with E-state index in [4.69, 9.17) is 0 Å². The highest BCUT2D eigenvalue weighted by molar-refractivity contribution is 7.90. The van der Waals surface area contributed by atoms with Gasteiger partial charge in [0, 0.05) is 12.7 Å². The smallest absolute Gasteiger partial charge is 0.256 e. The molecular weight excluding hydrogens is 350 g/mol. The number of amidine groups is 1. The number of nitrogens with one attached hydrogen (secondary N) is 1. The summed E-state index contributed by atoms with van der Waals surface area (Å²) in [6, 6.07) is 8.10. The fourth-order valence-electron chi connectivity index (χ4n) is 3.29. The van der Waals surface area contributed by atoms with Crippen molar-refractivity contribution in [1.82, 2.24) is 10.2 Å². The van der Waals surface area contributed by atoms with Crippen molar-refractivity contribution in [2.45, 2.75) is 25.8 Å². The highest BCUT2D eigenvalue weighted by Gasteiger charge is 2.36. The first-order valence-electron chi connectivity index (χ1n) is 8.78. The van der Waals surface area contributed by atoms with Gasteiger partial charge in [-0.3, -0.25) is 4.79 Å². The number of carbonyl (C=O) groups excluding carboxylic acids is 1. The van der Waals surface area contributed by atoms with Gasteiger partial charge >= 0.3 is 0 Å². The molecule has 1 saturated carbocycles. The predicted molar refractivity (Wildman–Crippen MR) is 99.9 cm³/mol. The Bertz CT molecular complexity index is 925. The fourth-order valence-corrected chi connectivity index (χ4v) is 4.27. The van der Waals surface area contributed by atoms with E-state index in [1.165, 1.54) is 5.56 Å². The second-order valence-corrected chi connectivity index (χ2v) is 8.77. The summed E-state index contributed by atoms with van der Waals surface area (Å²) >= 11 is 0. The number of benzene rings is 1. The summed E-state index contributed by atoms with van der Waals surface area (Å²) in [6.45, 7) is 2.34. The maximum absolute atomic E-state index is 12.9. The van der Waals surface area contributed by atoms with Gasteiger partial charge in [0.1, 0.15) is 0 Å². The summed E-state index contributed by atoms with van der Waals surface area (Å²) in [5.41, 5.74) is 2.55. The standard InChI is InChI=1S/C19H21N3O3S/c1-13-4-6-14(7-5-13)17(15-8-9-15)20-19(23)16-3-2-10-22-11-12-26(24,25)21-18(16)22/h2-7,10,15,17H,8-9,11-12H2,1H3,(H,20,23)/t17-/m1/s1. The number of aryl methyl sites for hydroxylation is 1. The molecule has 0 aromatic heterocycles. The zero-order valence-corrected chi connectivity index (χ0v) is 15.4. The number of hydrogen-bond donors (Lipinski definition) is 1. The highest BCUT2D eigenvalue weighted by atomic mass is 32.2. The predicted octanol–water partition coefficient (Wildman–Crippen LogP) is 2.06. The van der Waals surface area contributed by atoms with Gasteiger partial charge in [-0.05, 0) is 43.4 Å². The lowest BCUT2D eigenvalue weighted by molar-refractivity contribution is -0.117. The Balaban J connectivity index is 1.60. The van der Waals surface area contributed by atoms with Crippen LogP contribution in [0.1, 0.15) is 30.0 Å². The van der Waals surface area contributed by atoms with Gasteiger partial charge in [-0.15, -0.1) is 4.40 Å². The molecule has 0 saturated heterocycles. The van der Waals surface area contributed by atoms with Crippen LogP contribution in [0, 0.1) is 12.8 Å². The summed E-state index contributed by atoms with van der Waals surface area (Å²) in [6.07, 6.45) is 7.30. The molecule has 136 valence electrons. The van der Waals surface area contributed by atoms with Crippen LogP contribution in [0.5, 0.6) is 0 Å². The van der Waals surface area contributed by atoms with Crippen molar-refractivity contribution in [3.05, 3.63) is 59.3 Å². The molecule has 0 spiro atoms. The van der Waals surface area contributed by atoms with Crippen molar-refractivity contribution in [2.24, 2.45) is 10.3 Å². The van der Waals surface area contributed by atoms with Crippen LogP contribution >= 0.6 is 0 Å². The summed E-state index contributed by atoms with van der Waals surface area (Å²) in [4.78, 5) is 14.6. The molecule has 26 heavy (non-hydrogen) atoms. The average molecular weight is 371 g/mol. The number of rotatable bonds is 4. The maximum atomic E-state index is 12.9. The minimum Gasteiger partial charge on any atom is -0.345 e. The monoisotopic (exact) mass is 371 g/mol. The van der Waals surface area contributed by atoms with Gasteiger partial charge in [0.05, 0.1) is 17.4 Å². The van der Waals surface area contributed by atoms with Gasteiger partial charge in [-0.2, -0.15) is 0 Å². The molecule has 1 aromatic rings. The molecule has 2 aliphatic heterocycles. The van der Waals surface area contributed by atoms with Crippen LogP contribution < -0.4 is 5.32 Å². The molecule has 3 aliphatic rings. The number of fused-ring (bicyclic) bond motifs is 1. The Morgan fingerprint density at radius 1 is 1.27 bits per heavy atom.